The van der Waals surface area contributed by atoms with Gasteiger partial charge >= 0.3 is 6.18 Å². The van der Waals surface area contributed by atoms with Gasteiger partial charge in [-0.1, -0.05) is 6.92 Å². The van der Waals surface area contributed by atoms with Crippen LogP contribution in [0.2, 0.25) is 0 Å². The van der Waals surface area contributed by atoms with E-state index in [0.717, 1.165) is 34.4 Å². The first kappa shape index (κ1) is 17.5. The lowest BCUT2D eigenvalue weighted by Crippen LogP contribution is -2.16. The van der Waals surface area contributed by atoms with Crippen LogP contribution >= 0.6 is 11.3 Å². The summed E-state index contributed by atoms with van der Waals surface area (Å²) < 4.78 is 39.1. The summed E-state index contributed by atoms with van der Waals surface area (Å²) in [6, 6.07) is 2.82. The molecule has 2 aromatic heterocycles. The van der Waals surface area contributed by atoms with Gasteiger partial charge < -0.3 is 5.32 Å². The van der Waals surface area contributed by atoms with Gasteiger partial charge in [0.15, 0.2) is 5.69 Å². The monoisotopic (exact) mass is 368 g/mol. The van der Waals surface area contributed by atoms with Gasteiger partial charge in [0.1, 0.15) is 16.8 Å². The molecule has 1 unspecified atom stereocenters. The molecule has 0 radical (unpaired) electrons. The molecular formula is C16H15F3N4OS. The van der Waals surface area contributed by atoms with E-state index in [1.165, 1.54) is 18.4 Å². The molecule has 0 spiro atoms. The number of halogens is 3. The van der Waals surface area contributed by atoms with Crippen LogP contribution in [0.15, 0.2) is 6.07 Å². The van der Waals surface area contributed by atoms with Crippen LogP contribution in [0, 0.1) is 17.2 Å². The van der Waals surface area contributed by atoms with Crippen LogP contribution in [0.25, 0.3) is 0 Å². The minimum Gasteiger partial charge on any atom is -0.311 e. The third-order valence-corrected chi connectivity index (χ3v) is 5.42. The number of aromatic nitrogens is 2. The summed E-state index contributed by atoms with van der Waals surface area (Å²) in [4.78, 5) is 13.4. The molecule has 5 nitrogen and oxygen atoms in total. The molecule has 9 heteroatoms. The van der Waals surface area contributed by atoms with E-state index in [4.69, 9.17) is 0 Å². The van der Waals surface area contributed by atoms with Crippen molar-refractivity contribution in [3.05, 3.63) is 33.5 Å². The van der Waals surface area contributed by atoms with Crippen molar-refractivity contribution in [2.24, 2.45) is 13.0 Å². The summed E-state index contributed by atoms with van der Waals surface area (Å²) in [5.74, 6) is -0.207. The highest BCUT2D eigenvalue weighted by Crippen LogP contribution is 2.39. The fourth-order valence-electron chi connectivity index (χ4n) is 2.94. The van der Waals surface area contributed by atoms with Gasteiger partial charge in [-0.05, 0) is 30.7 Å². The lowest BCUT2D eigenvalue weighted by atomic mass is 9.89. The van der Waals surface area contributed by atoms with Crippen molar-refractivity contribution in [1.29, 1.82) is 5.26 Å². The number of nitrogens with one attached hydrogen (secondary N) is 1. The smallest absolute Gasteiger partial charge is 0.311 e. The van der Waals surface area contributed by atoms with E-state index in [-0.39, 0.29) is 5.69 Å². The van der Waals surface area contributed by atoms with Gasteiger partial charge in [-0.2, -0.15) is 23.5 Å². The molecule has 25 heavy (non-hydrogen) atoms. The van der Waals surface area contributed by atoms with Crippen molar-refractivity contribution in [2.45, 2.75) is 32.4 Å². The topological polar surface area (TPSA) is 70.7 Å². The number of anilines is 1. The molecule has 0 saturated heterocycles. The number of nitrogens with zero attached hydrogens (tertiary/aromatic N) is 3. The highest BCUT2D eigenvalue weighted by atomic mass is 32.1. The lowest BCUT2D eigenvalue weighted by molar-refractivity contribution is -0.141. The van der Waals surface area contributed by atoms with Gasteiger partial charge in [-0.15, -0.1) is 11.3 Å². The fourth-order valence-corrected chi connectivity index (χ4v) is 4.30. The molecule has 0 aromatic carbocycles. The summed E-state index contributed by atoms with van der Waals surface area (Å²) in [5, 5.41) is 15.7. The van der Waals surface area contributed by atoms with Crippen molar-refractivity contribution in [3.63, 3.8) is 0 Å². The second kappa shape index (κ2) is 6.19. The van der Waals surface area contributed by atoms with Gasteiger partial charge in [-0.25, -0.2) is 0 Å². The van der Waals surface area contributed by atoms with E-state index >= 15 is 0 Å². The average molecular weight is 368 g/mol. The molecule has 0 fully saturated rings. The van der Waals surface area contributed by atoms with E-state index in [9.17, 15) is 23.2 Å². The molecule has 2 heterocycles. The van der Waals surface area contributed by atoms with Crippen molar-refractivity contribution >= 4 is 22.2 Å². The molecule has 132 valence electrons. The molecule has 1 amide bonds. The number of thiophene rings is 1. The number of amides is 1. The number of aryl methyl sites for hydroxylation is 1. The van der Waals surface area contributed by atoms with Crippen LogP contribution in [0.4, 0.5) is 18.2 Å². The number of rotatable bonds is 2. The Morgan fingerprint density at radius 2 is 2.24 bits per heavy atom. The van der Waals surface area contributed by atoms with Crippen LogP contribution in [-0.2, 0) is 26.1 Å². The Hall–Kier alpha value is -2.34. The predicted octanol–water partition coefficient (Wildman–Crippen LogP) is 3.75. The first-order chi connectivity index (χ1) is 11.7. The second-order valence-electron chi connectivity index (χ2n) is 6.16. The van der Waals surface area contributed by atoms with E-state index in [1.807, 2.05) is 0 Å². The first-order valence-corrected chi connectivity index (χ1v) is 8.49. The fraction of sp³-hybridized carbons (Fsp3) is 0.438. The van der Waals surface area contributed by atoms with Gasteiger partial charge in [0.05, 0.1) is 5.56 Å². The third kappa shape index (κ3) is 3.26. The highest BCUT2D eigenvalue weighted by molar-refractivity contribution is 7.16. The number of carbonyl (C=O) groups is 1. The summed E-state index contributed by atoms with van der Waals surface area (Å²) in [6.45, 7) is 2.13. The quantitative estimate of drug-likeness (QED) is 0.878. The largest absolute Gasteiger partial charge is 0.435 e. The molecule has 1 aliphatic carbocycles. The summed E-state index contributed by atoms with van der Waals surface area (Å²) in [6.07, 6.45) is -2.03. The number of hydrogen-bond acceptors (Lipinski definition) is 4. The average Bonchev–Trinajstić information content (AvgIpc) is 3.06. The Bertz CT molecular complexity index is 875. The molecule has 2 aromatic rings. The minimum atomic E-state index is -4.62. The number of alkyl halides is 3. The van der Waals surface area contributed by atoms with Gasteiger partial charge in [-0.3, -0.25) is 9.48 Å². The zero-order valence-electron chi connectivity index (χ0n) is 13.6. The maximum Gasteiger partial charge on any atom is 0.435 e. The molecule has 1 atom stereocenters. The van der Waals surface area contributed by atoms with Crippen molar-refractivity contribution in [1.82, 2.24) is 9.78 Å². The maximum absolute atomic E-state index is 12.7. The Morgan fingerprint density at radius 1 is 1.52 bits per heavy atom. The Kier molecular flexibility index (Phi) is 4.33. The zero-order valence-corrected chi connectivity index (χ0v) is 14.4. The van der Waals surface area contributed by atoms with Gasteiger partial charge in [0.25, 0.3) is 5.91 Å². The molecular weight excluding hydrogens is 353 g/mol. The van der Waals surface area contributed by atoms with Crippen LogP contribution < -0.4 is 5.32 Å². The Morgan fingerprint density at radius 3 is 2.84 bits per heavy atom. The Labute approximate surface area is 146 Å². The highest BCUT2D eigenvalue weighted by Gasteiger charge is 2.35. The predicted molar refractivity (Wildman–Crippen MR) is 86.4 cm³/mol. The minimum absolute atomic E-state index is 0.212. The number of hydrogen-bond donors (Lipinski definition) is 1. The van der Waals surface area contributed by atoms with Gasteiger partial charge in [0, 0.05) is 18.0 Å². The summed E-state index contributed by atoms with van der Waals surface area (Å²) >= 11 is 1.33. The zero-order chi connectivity index (χ0) is 18.4. The van der Waals surface area contributed by atoms with Crippen LogP contribution in [0.1, 0.15) is 45.5 Å². The summed E-state index contributed by atoms with van der Waals surface area (Å²) in [7, 11) is 1.27. The molecule has 0 bridgehead atoms. The molecule has 0 saturated carbocycles. The SMILES string of the molecule is CC1CCc2c(sc(NC(=O)c3cc(C(F)(F)F)nn3C)c2C#N)C1. The maximum atomic E-state index is 12.7. The summed E-state index contributed by atoms with van der Waals surface area (Å²) in [5.41, 5.74) is 0.0243. The van der Waals surface area contributed by atoms with Crippen molar-refractivity contribution < 1.29 is 18.0 Å². The first-order valence-electron chi connectivity index (χ1n) is 7.68. The molecule has 3 rings (SSSR count). The van der Waals surface area contributed by atoms with E-state index in [2.05, 4.69) is 23.4 Å². The number of fused-ring (bicyclic) bond motifs is 1. The molecule has 1 N–H and O–H groups in total. The van der Waals surface area contributed by atoms with Crippen LogP contribution in [-0.4, -0.2) is 15.7 Å². The molecule has 1 aliphatic rings. The van der Waals surface area contributed by atoms with E-state index in [1.54, 1.807) is 0 Å². The van der Waals surface area contributed by atoms with Crippen molar-refractivity contribution in [2.75, 3.05) is 5.32 Å². The molecule has 0 aliphatic heterocycles. The second-order valence-corrected chi connectivity index (χ2v) is 7.26. The standard InChI is InChI=1S/C16H15F3N4OS/c1-8-3-4-9-10(7-20)15(25-12(9)5-8)21-14(24)11-6-13(16(17,18)19)22-23(11)2/h6,8H,3-5H2,1-2H3,(H,21,24). The van der Waals surface area contributed by atoms with E-state index in [0.29, 0.717) is 22.5 Å². The van der Waals surface area contributed by atoms with Gasteiger partial charge in [0.2, 0.25) is 0 Å². The van der Waals surface area contributed by atoms with Crippen LogP contribution in [0.3, 0.4) is 0 Å². The third-order valence-electron chi connectivity index (χ3n) is 4.25. The van der Waals surface area contributed by atoms with Crippen molar-refractivity contribution in [3.8, 4) is 6.07 Å². The van der Waals surface area contributed by atoms with E-state index < -0.39 is 17.8 Å². The normalized spacial score (nSPS) is 17.0. The number of carbonyl (C=O) groups excluding carboxylic acids is 1. The Balaban J connectivity index is 1.90. The lowest BCUT2D eigenvalue weighted by Gasteiger charge is -2.17. The van der Waals surface area contributed by atoms with Crippen LogP contribution in [0.5, 0.6) is 0 Å². The number of nitriles is 1.